The van der Waals surface area contributed by atoms with Crippen LogP contribution in [-0.2, 0) is 16.0 Å². The summed E-state index contributed by atoms with van der Waals surface area (Å²) in [5.41, 5.74) is 14.5. The standard InChI is InChI=1S/C31H52O4.C6H14N2O2/c1-21(2)12-9-13-22(3)14-10-15-23(4)16-11-18-31(8)19-17-27-26(7)29(34-20-28(32)33)24(5)25(6)30(27)35-31;7-4-2-1-3-5(8)6(9)10/h21-23H,9-20H2,1-8H3,(H,32,33);5H,1-4,7-8H2,(H,9,10)/p-1/t22-,23-,31-;5-/m10/s1. The Morgan fingerprint density at radius 3 is 2.00 bits per heavy atom. The van der Waals surface area contributed by atoms with Crippen LogP contribution in [0.3, 0.4) is 0 Å². The molecule has 1 aliphatic rings. The number of ether oxygens (including phenoxy) is 2. The predicted octanol–water partition coefficient (Wildman–Crippen LogP) is 6.79. The van der Waals surface area contributed by atoms with Crippen molar-refractivity contribution in [3.8, 4) is 11.5 Å². The van der Waals surface area contributed by atoms with E-state index < -0.39 is 18.0 Å². The number of rotatable bonds is 20. The molecular weight excluding hydrogens is 568 g/mol. The lowest BCUT2D eigenvalue weighted by Crippen LogP contribution is -2.41. The maximum atomic E-state index is 11.0. The number of carbonyl (C=O) groups is 2. The van der Waals surface area contributed by atoms with E-state index in [1.165, 1.54) is 56.9 Å². The van der Waals surface area contributed by atoms with Crippen LogP contribution in [-0.4, -0.2) is 41.8 Å². The Balaban J connectivity index is 0.000000868. The molecule has 4 atom stereocenters. The number of benzene rings is 1. The molecule has 45 heavy (non-hydrogen) atoms. The third-order valence-electron chi connectivity index (χ3n) is 9.45. The fourth-order valence-corrected chi connectivity index (χ4v) is 6.24. The molecule has 0 saturated heterocycles. The molecule has 0 spiro atoms. The number of hydrogen-bond donors (Lipinski definition) is 3. The molecule has 1 aliphatic heterocycles. The first-order valence-corrected chi connectivity index (χ1v) is 17.4. The number of carboxylic acid groups (broad SMARTS) is 2. The third kappa shape index (κ3) is 15.2. The summed E-state index contributed by atoms with van der Waals surface area (Å²) in [7, 11) is 0. The van der Waals surface area contributed by atoms with Crippen LogP contribution >= 0.6 is 0 Å². The molecule has 1 aromatic rings. The fraction of sp³-hybridized carbons (Fsp3) is 0.784. The molecule has 2 rings (SSSR count). The zero-order valence-electron chi connectivity index (χ0n) is 29.8. The van der Waals surface area contributed by atoms with Crippen LogP contribution in [0.25, 0.3) is 0 Å². The molecule has 0 radical (unpaired) electrons. The fourth-order valence-electron chi connectivity index (χ4n) is 6.24. The average molecular weight is 634 g/mol. The van der Waals surface area contributed by atoms with Crippen molar-refractivity contribution in [1.29, 1.82) is 0 Å². The Morgan fingerprint density at radius 1 is 0.889 bits per heavy atom. The van der Waals surface area contributed by atoms with Gasteiger partial charge in [-0.2, -0.15) is 0 Å². The van der Waals surface area contributed by atoms with Gasteiger partial charge in [0.15, 0.2) is 6.61 Å². The average Bonchev–Trinajstić information content (AvgIpc) is 2.96. The largest absolute Gasteiger partial charge is 0.548 e. The van der Waals surface area contributed by atoms with Crippen molar-refractivity contribution >= 4 is 11.9 Å². The molecule has 0 amide bonds. The minimum atomic E-state index is -1.18. The molecule has 260 valence electrons. The Hall–Kier alpha value is -2.32. The summed E-state index contributed by atoms with van der Waals surface area (Å²) < 4.78 is 12.3. The van der Waals surface area contributed by atoms with Crippen molar-refractivity contribution < 1.29 is 29.3 Å². The van der Waals surface area contributed by atoms with Gasteiger partial charge in [-0.05, 0) is 107 Å². The molecule has 0 fully saturated rings. The van der Waals surface area contributed by atoms with Gasteiger partial charge in [0, 0.05) is 11.6 Å². The van der Waals surface area contributed by atoms with Gasteiger partial charge in [0.05, 0.1) is 5.97 Å². The molecule has 8 heteroatoms. The highest BCUT2D eigenvalue weighted by Crippen LogP contribution is 2.45. The number of unbranched alkanes of at least 4 members (excludes halogenated alkanes) is 1. The van der Waals surface area contributed by atoms with Crippen LogP contribution in [0.2, 0.25) is 0 Å². The van der Waals surface area contributed by atoms with E-state index in [1.54, 1.807) is 0 Å². The number of hydrogen-bond acceptors (Lipinski definition) is 7. The van der Waals surface area contributed by atoms with Crippen LogP contribution < -0.4 is 26.0 Å². The summed E-state index contributed by atoms with van der Waals surface area (Å²) in [5.74, 6) is 2.04. The SMILES string of the molecule is Cc1c(C)c2c(c(C)c1OCC(=O)O)CC[C@@](C)(CCC[C@H](C)CCC[C@H](C)CCCC(C)C)O2.NCCCC[C@H](N)C(=O)[O-]. The first kappa shape index (κ1) is 40.7. The molecular formula is C37H65N2O6-. The maximum Gasteiger partial charge on any atom is 0.341 e. The monoisotopic (exact) mass is 633 g/mol. The molecule has 0 aliphatic carbocycles. The van der Waals surface area contributed by atoms with Crippen LogP contribution in [0.4, 0.5) is 0 Å². The lowest BCUT2D eigenvalue weighted by Gasteiger charge is -2.38. The highest BCUT2D eigenvalue weighted by atomic mass is 16.5. The molecule has 5 N–H and O–H groups in total. The van der Waals surface area contributed by atoms with Crippen molar-refractivity contribution in [1.82, 2.24) is 0 Å². The first-order valence-electron chi connectivity index (χ1n) is 17.4. The summed E-state index contributed by atoms with van der Waals surface area (Å²) in [6, 6.07) is -0.827. The van der Waals surface area contributed by atoms with Gasteiger partial charge in [0.1, 0.15) is 17.1 Å². The zero-order valence-corrected chi connectivity index (χ0v) is 29.8. The van der Waals surface area contributed by atoms with Gasteiger partial charge in [0.25, 0.3) is 0 Å². The Bertz CT molecular complexity index is 1040. The quantitative estimate of drug-likeness (QED) is 0.133. The van der Waals surface area contributed by atoms with Gasteiger partial charge in [-0.3, -0.25) is 0 Å². The van der Waals surface area contributed by atoms with Gasteiger partial charge < -0.3 is 35.9 Å². The lowest BCUT2D eigenvalue weighted by atomic mass is 9.83. The molecule has 0 bridgehead atoms. The predicted molar refractivity (Wildman–Crippen MR) is 182 cm³/mol. The van der Waals surface area contributed by atoms with E-state index in [9.17, 15) is 14.7 Å². The summed E-state index contributed by atoms with van der Waals surface area (Å²) in [5, 5.41) is 19.1. The number of carbonyl (C=O) groups excluding carboxylic acids is 1. The topological polar surface area (TPSA) is 148 Å². The normalized spacial score (nSPS) is 17.8. The highest BCUT2D eigenvalue weighted by molar-refractivity contribution is 5.70. The van der Waals surface area contributed by atoms with Crippen molar-refractivity contribution in [2.45, 2.75) is 157 Å². The Labute approximate surface area is 274 Å². The molecule has 0 aromatic heterocycles. The second kappa shape index (κ2) is 20.7. The van der Waals surface area contributed by atoms with Gasteiger partial charge in [-0.25, -0.2) is 4.79 Å². The molecule has 0 unspecified atom stereocenters. The highest BCUT2D eigenvalue weighted by Gasteiger charge is 2.34. The summed E-state index contributed by atoms with van der Waals surface area (Å²) >= 11 is 0. The van der Waals surface area contributed by atoms with E-state index in [-0.39, 0.29) is 12.2 Å². The van der Waals surface area contributed by atoms with Crippen LogP contribution in [0.5, 0.6) is 11.5 Å². The smallest absolute Gasteiger partial charge is 0.341 e. The van der Waals surface area contributed by atoms with Crippen molar-refractivity contribution in [3.63, 3.8) is 0 Å². The first-order chi connectivity index (χ1) is 21.1. The van der Waals surface area contributed by atoms with Gasteiger partial charge in [-0.15, -0.1) is 0 Å². The van der Waals surface area contributed by atoms with Crippen LogP contribution in [0.15, 0.2) is 0 Å². The summed E-state index contributed by atoms with van der Waals surface area (Å²) in [6.45, 7) is 18.1. The maximum absolute atomic E-state index is 11.0. The molecule has 1 aromatic carbocycles. The molecule has 1 heterocycles. The van der Waals surface area contributed by atoms with Crippen molar-refractivity contribution in [3.05, 3.63) is 22.3 Å². The number of nitrogens with two attached hydrogens (primary N) is 2. The van der Waals surface area contributed by atoms with Gasteiger partial charge in [0.2, 0.25) is 0 Å². The third-order valence-corrected chi connectivity index (χ3v) is 9.45. The van der Waals surface area contributed by atoms with E-state index in [2.05, 4.69) is 41.5 Å². The number of fused-ring (bicyclic) bond motifs is 1. The van der Waals surface area contributed by atoms with Crippen molar-refractivity contribution in [2.24, 2.45) is 29.2 Å². The summed E-state index contributed by atoms with van der Waals surface area (Å²) in [4.78, 5) is 21.0. The van der Waals surface area contributed by atoms with Crippen LogP contribution in [0.1, 0.15) is 140 Å². The summed E-state index contributed by atoms with van der Waals surface area (Å²) in [6.07, 6.45) is 15.7. The van der Waals surface area contributed by atoms with E-state index in [0.29, 0.717) is 18.7 Å². The van der Waals surface area contributed by atoms with Crippen molar-refractivity contribution in [2.75, 3.05) is 13.2 Å². The number of carboxylic acids is 2. The Morgan fingerprint density at radius 2 is 1.47 bits per heavy atom. The van der Waals surface area contributed by atoms with E-state index >= 15 is 0 Å². The van der Waals surface area contributed by atoms with E-state index in [1.807, 2.05) is 13.8 Å². The Kier molecular flexibility index (Phi) is 18.8. The number of aliphatic carboxylic acids is 2. The minimum absolute atomic E-state index is 0.134. The molecule has 8 nitrogen and oxygen atoms in total. The van der Waals surface area contributed by atoms with Gasteiger partial charge in [-0.1, -0.05) is 79.1 Å². The minimum Gasteiger partial charge on any atom is -0.548 e. The second-order valence-corrected chi connectivity index (χ2v) is 14.3. The van der Waals surface area contributed by atoms with E-state index in [0.717, 1.165) is 72.3 Å². The second-order valence-electron chi connectivity index (χ2n) is 14.3. The van der Waals surface area contributed by atoms with E-state index in [4.69, 9.17) is 26.0 Å². The van der Waals surface area contributed by atoms with Gasteiger partial charge >= 0.3 is 5.97 Å². The molecule has 0 saturated carbocycles. The zero-order chi connectivity index (χ0) is 34.2. The van der Waals surface area contributed by atoms with Crippen LogP contribution in [0, 0.1) is 38.5 Å². The lowest BCUT2D eigenvalue weighted by molar-refractivity contribution is -0.307.